The number of anilines is 1. The van der Waals surface area contributed by atoms with Crippen molar-refractivity contribution in [2.75, 3.05) is 4.72 Å². The van der Waals surface area contributed by atoms with E-state index < -0.39 is 27.5 Å². The second-order valence-corrected chi connectivity index (χ2v) is 9.99. The molecule has 0 saturated carbocycles. The first-order valence-corrected chi connectivity index (χ1v) is 12.3. The molecule has 0 unspecified atom stereocenters. The van der Waals surface area contributed by atoms with Crippen molar-refractivity contribution in [1.29, 1.82) is 0 Å². The highest BCUT2D eigenvalue weighted by molar-refractivity contribution is 7.92. The van der Waals surface area contributed by atoms with Crippen LogP contribution in [0, 0.1) is 0 Å². The van der Waals surface area contributed by atoms with Gasteiger partial charge in [0.25, 0.3) is 0 Å². The van der Waals surface area contributed by atoms with Gasteiger partial charge in [-0.1, -0.05) is 84.1 Å². The summed E-state index contributed by atoms with van der Waals surface area (Å²) in [6, 6.07) is 23.4. The van der Waals surface area contributed by atoms with Gasteiger partial charge < -0.3 is 0 Å². The summed E-state index contributed by atoms with van der Waals surface area (Å²) in [5.74, 6) is -0.709. The van der Waals surface area contributed by atoms with Gasteiger partial charge in [0.15, 0.2) is 0 Å². The molecule has 0 radical (unpaired) electrons. The van der Waals surface area contributed by atoms with Crippen molar-refractivity contribution in [2.45, 2.75) is 17.8 Å². The SMILES string of the molecule is O=S(=O)(Cc1ccc(C(F)(F)F)cc1)Nc1nnc(C(c2ccccc2)c2ccccc2)s1. The molecule has 5 nitrogen and oxygen atoms in total. The van der Waals surface area contributed by atoms with Crippen molar-refractivity contribution in [1.82, 2.24) is 10.2 Å². The third-order valence-corrected chi connectivity index (χ3v) is 7.08. The van der Waals surface area contributed by atoms with Crippen molar-refractivity contribution < 1.29 is 21.6 Å². The van der Waals surface area contributed by atoms with Crippen molar-refractivity contribution in [3.05, 3.63) is 112 Å². The number of sulfonamides is 1. The summed E-state index contributed by atoms with van der Waals surface area (Å²) >= 11 is 1.11. The highest BCUT2D eigenvalue weighted by atomic mass is 32.2. The van der Waals surface area contributed by atoms with Crippen LogP contribution in [0.15, 0.2) is 84.9 Å². The lowest BCUT2D eigenvalue weighted by Gasteiger charge is -2.14. The number of hydrogen-bond donors (Lipinski definition) is 1. The van der Waals surface area contributed by atoms with E-state index in [0.717, 1.165) is 46.7 Å². The fourth-order valence-electron chi connectivity index (χ4n) is 3.34. The zero-order valence-corrected chi connectivity index (χ0v) is 18.7. The van der Waals surface area contributed by atoms with Crippen LogP contribution in [0.3, 0.4) is 0 Å². The van der Waals surface area contributed by atoms with Gasteiger partial charge in [0.2, 0.25) is 15.2 Å². The van der Waals surface area contributed by atoms with Crippen LogP contribution >= 0.6 is 11.3 Å². The van der Waals surface area contributed by atoms with Crippen LogP contribution in [0.2, 0.25) is 0 Å². The second kappa shape index (κ2) is 9.32. The molecule has 0 atom stereocenters. The first-order valence-electron chi connectivity index (χ1n) is 9.81. The van der Waals surface area contributed by atoms with Crippen molar-refractivity contribution in [3.63, 3.8) is 0 Å². The van der Waals surface area contributed by atoms with E-state index in [-0.39, 0.29) is 16.6 Å². The largest absolute Gasteiger partial charge is 0.416 e. The van der Waals surface area contributed by atoms with E-state index in [1.54, 1.807) is 0 Å². The Labute approximate surface area is 193 Å². The van der Waals surface area contributed by atoms with Crippen LogP contribution in [0.25, 0.3) is 0 Å². The maximum absolute atomic E-state index is 12.7. The first kappa shape index (κ1) is 22.9. The highest BCUT2D eigenvalue weighted by Crippen LogP contribution is 2.35. The Hall–Kier alpha value is -3.24. The number of nitrogens with one attached hydrogen (secondary N) is 1. The third-order valence-electron chi connectivity index (χ3n) is 4.83. The van der Waals surface area contributed by atoms with Gasteiger partial charge in [-0.05, 0) is 28.8 Å². The zero-order valence-electron chi connectivity index (χ0n) is 17.0. The molecule has 170 valence electrons. The summed E-state index contributed by atoms with van der Waals surface area (Å²) in [7, 11) is -3.90. The Morgan fingerprint density at radius 2 is 1.36 bits per heavy atom. The van der Waals surface area contributed by atoms with Gasteiger partial charge in [-0.3, -0.25) is 4.72 Å². The maximum atomic E-state index is 12.7. The lowest BCUT2D eigenvalue weighted by atomic mass is 9.92. The lowest BCUT2D eigenvalue weighted by molar-refractivity contribution is -0.137. The van der Waals surface area contributed by atoms with Crippen molar-refractivity contribution in [3.8, 4) is 0 Å². The molecule has 0 saturated heterocycles. The molecule has 33 heavy (non-hydrogen) atoms. The minimum atomic E-state index is -4.48. The first-order chi connectivity index (χ1) is 15.7. The summed E-state index contributed by atoms with van der Waals surface area (Å²) in [6.07, 6.45) is -4.48. The quantitative estimate of drug-likeness (QED) is 0.363. The van der Waals surface area contributed by atoms with Crippen LogP contribution in [-0.2, 0) is 22.0 Å². The molecule has 10 heteroatoms. The predicted molar refractivity (Wildman–Crippen MR) is 121 cm³/mol. The Balaban J connectivity index is 1.54. The predicted octanol–water partition coefficient (Wildman–Crippen LogP) is 5.68. The minimum absolute atomic E-state index is 0.0915. The maximum Gasteiger partial charge on any atom is 0.416 e. The van der Waals surface area contributed by atoms with Crippen molar-refractivity contribution in [2.24, 2.45) is 0 Å². The number of aromatic nitrogens is 2. The Morgan fingerprint density at radius 3 is 1.88 bits per heavy atom. The number of halogens is 3. The van der Waals surface area contributed by atoms with Gasteiger partial charge >= 0.3 is 6.18 Å². The zero-order chi connectivity index (χ0) is 23.5. The molecular formula is C23H18F3N3O2S2. The molecule has 1 aromatic heterocycles. The number of benzene rings is 3. The van der Waals surface area contributed by atoms with Gasteiger partial charge in [0, 0.05) is 0 Å². The molecule has 0 bridgehead atoms. The fourth-order valence-corrected chi connectivity index (χ4v) is 5.65. The van der Waals surface area contributed by atoms with E-state index in [0.29, 0.717) is 5.01 Å². The minimum Gasteiger partial charge on any atom is -0.257 e. The van der Waals surface area contributed by atoms with Crippen molar-refractivity contribution >= 4 is 26.5 Å². The summed E-state index contributed by atoms with van der Waals surface area (Å²) in [5.41, 5.74) is 1.36. The fraction of sp³-hybridized carbons (Fsp3) is 0.130. The van der Waals surface area contributed by atoms with E-state index in [2.05, 4.69) is 14.9 Å². The third kappa shape index (κ3) is 5.77. The topological polar surface area (TPSA) is 72.0 Å². The molecule has 4 aromatic rings. The van der Waals surface area contributed by atoms with Gasteiger partial charge in [0.05, 0.1) is 17.2 Å². The summed E-state index contributed by atoms with van der Waals surface area (Å²) in [6.45, 7) is 0. The number of hydrogen-bond acceptors (Lipinski definition) is 5. The van der Waals surface area contributed by atoms with E-state index in [1.807, 2.05) is 60.7 Å². The van der Waals surface area contributed by atoms with Gasteiger partial charge in [0.1, 0.15) is 5.01 Å². The van der Waals surface area contributed by atoms with Gasteiger partial charge in [-0.15, -0.1) is 10.2 Å². The molecule has 1 N–H and O–H groups in total. The molecule has 3 aromatic carbocycles. The average Bonchev–Trinajstić information content (AvgIpc) is 3.22. The Bertz CT molecular complexity index is 1270. The normalized spacial score (nSPS) is 12.1. The summed E-state index contributed by atoms with van der Waals surface area (Å²) in [4.78, 5) is 0. The summed E-state index contributed by atoms with van der Waals surface area (Å²) < 4.78 is 65.7. The van der Waals surface area contributed by atoms with Crippen LogP contribution in [0.5, 0.6) is 0 Å². The standard InChI is InChI=1S/C23H18F3N3O2S2/c24-23(25,26)19-13-11-16(12-14-19)15-33(30,31)29-22-28-27-21(32-22)20(17-7-3-1-4-8-17)18-9-5-2-6-10-18/h1-14,20H,15H2,(H,28,29). The molecule has 0 aliphatic carbocycles. The molecule has 1 heterocycles. The van der Waals surface area contributed by atoms with E-state index in [9.17, 15) is 21.6 Å². The van der Waals surface area contributed by atoms with E-state index in [1.165, 1.54) is 0 Å². The molecule has 0 aliphatic rings. The smallest absolute Gasteiger partial charge is 0.257 e. The van der Waals surface area contributed by atoms with Gasteiger partial charge in [-0.25, -0.2) is 8.42 Å². The number of alkyl halides is 3. The van der Waals surface area contributed by atoms with E-state index in [4.69, 9.17) is 0 Å². The molecule has 0 fully saturated rings. The second-order valence-electron chi connectivity index (χ2n) is 7.26. The number of rotatable bonds is 7. The monoisotopic (exact) mass is 489 g/mol. The Morgan fingerprint density at radius 1 is 0.818 bits per heavy atom. The highest BCUT2D eigenvalue weighted by Gasteiger charge is 2.30. The molecule has 0 amide bonds. The molecular weight excluding hydrogens is 471 g/mol. The molecule has 0 spiro atoms. The van der Waals surface area contributed by atoms with Crippen LogP contribution in [-0.4, -0.2) is 18.6 Å². The van der Waals surface area contributed by atoms with Crippen LogP contribution in [0.4, 0.5) is 18.3 Å². The molecule has 0 aliphatic heterocycles. The van der Waals surface area contributed by atoms with E-state index >= 15 is 0 Å². The molecule has 4 rings (SSSR count). The Kier molecular flexibility index (Phi) is 6.48. The van der Waals surface area contributed by atoms with Gasteiger partial charge in [-0.2, -0.15) is 13.2 Å². The lowest BCUT2D eigenvalue weighted by Crippen LogP contribution is -2.15. The number of nitrogens with zero attached hydrogens (tertiary/aromatic N) is 2. The van der Waals surface area contributed by atoms with Crippen LogP contribution < -0.4 is 4.72 Å². The van der Waals surface area contributed by atoms with Crippen LogP contribution in [0.1, 0.15) is 33.2 Å². The average molecular weight is 490 g/mol. The summed E-state index contributed by atoms with van der Waals surface area (Å²) in [5, 5.41) is 8.91.